The first-order chi connectivity index (χ1) is 7.47. The van der Waals surface area contributed by atoms with E-state index in [4.69, 9.17) is 0 Å². The zero-order chi connectivity index (χ0) is 11.5. The van der Waals surface area contributed by atoms with Crippen LogP contribution in [0.1, 0.15) is 38.8 Å². The van der Waals surface area contributed by atoms with Gasteiger partial charge in [0.05, 0.1) is 0 Å². The maximum absolute atomic E-state index is 3.07. The Labute approximate surface area is 93.7 Å². The van der Waals surface area contributed by atoms with Crippen molar-refractivity contribution in [3.05, 3.63) is 53.3 Å². The molecule has 0 N–H and O–H groups in total. The quantitative estimate of drug-likeness (QED) is 0.521. The molecule has 0 radical (unpaired) electrons. The average molecular weight is 200 g/mol. The molecule has 0 heteroatoms. The summed E-state index contributed by atoms with van der Waals surface area (Å²) in [5.41, 5.74) is 5.56. The van der Waals surface area contributed by atoms with Crippen molar-refractivity contribution in [3.8, 4) is 0 Å². The molecule has 0 heterocycles. The van der Waals surface area contributed by atoms with Gasteiger partial charge in [0.2, 0.25) is 0 Å². The van der Waals surface area contributed by atoms with Crippen LogP contribution in [0.4, 0.5) is 0 Å². The van der Waals surface area contributed by atoms with Crippen LogP contribution in [-0.2, 0) is 0 Å². The molecular weight excluding hydrogens is 180 g/mol. The topological polar surface area (TPSA) is 0 Å². The number of hydrogen-bond acceptors (Lipinski definition) is 0. The molecule has 15 heavy (non-hydrogen) atoms. The molecule has 1 aromatic carbocycles. The Hall–Kier alpha value is -1.52. The van der Waals surface area contributed by atoms with Crippen LogP contribution in [0.25, 0.3) is 12.2 Å². The maximum atomic E-state index is 3.07. The number of benzene rings is 1. The predicted molar refractivity (Wildman–Crippen MR) is 70.7 cm³/mol. The van der Waals surface area contributed by atoms with Crippen LogP contribution in [-0.4, -0.2) is 0 Å². The highest BCUT2D eigenvalue weighted by molar-refractivity contribution is 5.67. The van der Waals surface area contributed by atoms with E-state index in [2.05, 4.69) is 23.9 Å². The van der Waals surface area contributed by atoms with Crippen LogP contribution in [0.2, 0.25) is 0 Å². The maximum Gasteiger partial charge on any atom is -0.0107 e. The van der Waals surface area contributed by atoms with E-state index in [9.17, 15) is 0 Å². The van der Waals surface area contributed by atoms with Gasteiger partial charge < -0.3 is 0 Å². The van der Waals surface area contributed by atoms with Gasteiger partial charge in [-0.3, -0.25) is 0 Å². The summed E-state index contributed by atoms with van der Waals surface area (Å²) >= 11 is 0. The van der Waals surface area contributed by atoms with E-state index >= 15 is 0 Å². The minimum atomic E-state index is 1.23. The van der Waals surface area contributed by atoms with E-state index in [1.54, 1.807) is 0 Å². The van der Waals surface area contributed by atoms with Gasteiger partial charge in [0, 0.05) is 0 Å². The standard InChI is InChI=1S/C11H8.2C2H6/c1-2-6-10-8-4-5-9-11(10)7-3-1;2*1-2/h1-2,4-9H;2*1-2H3. The molecule has 0 spiro atoms. The van der Waals surface area contributed by atoms with Crippen molar-refractivity contribution in [2.45, 2.75) is 27.7 Å². The van der Waals surface area contributed by atoms with Crippen LogP contribution in [0.15, 0.2) is 42.1 Å². The third-order valence-electron chi connectivity index (χ3n) is 1.70. The number of fused-ring (bicyclic) bond motifs is 1. The number of allylic oxidation sites excluding steroid dienone is 2. The second-order valence-electron chi connectivity index (χ2n) is 2.47. The second kappa shape index (κ2) is 9.05. The van der Waals surface area contributed by atoms with Gasteiger partial charge in [0.15, 0.2) is 0 Å². The first-order valence-corrected chi connectivity index (χ1v) is 5.65. The summed E-state index contributed by atoms with van der Waals surface area (Å²) in [5.74, 6) is 0. The van der Waals surface area contributed by atoms with Crippen molar-refractivity contribution in [3.63, 3.8) is 0 Å². The first-order valence-electron chi connectivity index (χ1n) is 5.65. The van der Waals surface area contributed by atoms with Crippen LogP contribution < -0.4 is 0 Å². The van der Waals surface area contributed by atoms with E-state index in [0.29, 0.717) is 0 Å². The summed E-state index contributed by atoms with van der Waals surface area (Å²) in [6.45, 7) is 8.00. The van der Waals surface area contributed by atoms with Gasteiger partial charge in [-0.1, -0.05) is 64.1 Å². The Kier molecular flexibility index (Phi) is 8.13. The van der Waals surface area contributed by atoms with Crippen molar-refractivity contribution in [1.29, 1.82) is 0 Å². The molecule has 0 bridgehead atoms. The monoisotopic (exact) mass is 200 g/mol. The third-order valence-corrected chi connectivity index (χ3v) is 1.70. The molecule has 0 nitrogen and oxygen atoms in total. The third kappa shape index (κ3) is 4.49. The largest absolute Gasteiger partial charge is 0.120 e. The molecule has 0 amide bonds. The first kappa shape index (κ1) is 13.5. The Balaban J connectivity index is 0.000000442. The fourth-order valence-corrected chi connectivity index (χ4v) is 1.14. The van der Waals surface area contributed by atoms with E-state index in [-0.39, 0.29) is 0 Å². The second-order valence-corrected chi connectivity index (χ2v) is 2.47. The molecule has 0 unspecified atom stereocenters. The van der Waals surface area contributed by atoms with Gasteiger partial charge in [-0.25, -0.2) is 0 Å². The minimum Gasteiger partial charge on any atom is -0.120 e. The van der Waals surface area contributed by atoms with Crippen LogP contribution >= 0.6 is 0 Å². The van der Waals surface area contributed by atoms with Gasteiger partial charge >= 0.3 is 0 Å². The SMILES string of the molecule is C1=CC=Cc2ccccc2C=1.CC.CC. The molecule has 0 fully saturated rings. The normalized spacial score (nSPS) is 10.1. The Morgan fingerprint density at radius 2 is 1.47 bits per heavy atom. The lowest BCUT2D eigenvalue weighted by molar-refractivity contribution is 1.50. The van der Waals surface area contributed by atoms with E-state index in [1.807, 2.05) is 58.1 Å². The van der Waals surface area contributed by atoms with Crippen LogP contribution in [0.3, 0.4) is 0 Å². The molecule has 0 aromatic heterocycles. The van der Waals surface area contributed by atoms with E-state index < -0.39 is 0 Å². The van der Waals surface area contributed by atoms with Gasteiger partial charge in [-0.2, -0.15) is 0 Å². The molecule has 1 aromatic rings. The van der Waals surface area contributed by atoms with Crippen molar-refractivity contribution in [2.24, 2.45) is 0 Å². The van der Waals surface area contributed by atoms with E-state index in [0.717, 1.165) is 0 Å². The Bertz CT molecular complexity index is 350. The number of hydrogen-bond donors (Lipinski definition) is 0. The molecule has 80 valence electrons. The Morgan fingerprint density at radius 3 is 2.13 bits per heavy atom. The summed E-state index contributed by atoms with van der Waals surface area (Å²) < 4.78 is 0. The molecule has 1 aliphatic carbocycles. The fourth-order valence-electron chi connectivity index (χ4n) is 1.14. The van der Waals surface area contributed by atoms with Gasteiger partial charge in [0.1, 0.15) is 0 Å². The molecule has 0 saturated heterocycles. The zero-order valence-corrected chi connectivity index (χ0v) is 10.1. The lowest BCUT2D eigenvalue weighted by Gasteiger charge is -1.96. The van der Waals surface area contributed by atoms with Gasteiger partial charge in [0.25, 0.3) is 0 Å². The van der Waals surface area contributed by atoms with Crippen LogP contribution in [0, 0.1) is 0 Å². The van der Waals surface area contributed by atoms with Crippen molar-refractivity contribution in [2.75, 3.05) is 0 Å². The summed E-state index contributed by atoms with van der Waals surface area (Å²) in [4.78, 5) is 0. The lowest BCUT2D eigenvalue weighted by Crippen LogP contribution is -1.76. The summed E-state index contributed by atoms with van der Waals surface area (Å²) in [6, 6.07) is 8.27. The fraction of sp³-hybridized carbons (Fsp3) is 0.267. The van der Waals surface area contributed by atoms with Gasteiger partial charge in [-0.05, 0) is 23.3 Å². The average Bonchev–Trinajstić information content (AvgIpc) is 2.59. The smallest absolute Gasteiger partial charge is 0.0107 e. The highest BCUT2D eigenvalue weighted by Gasteiger charge is 1.93. The zero-order valence-electron chi connectivity index (χ0n) is 10.1. The highest BCUT2D eigenvalue weighted by atomic mass is 14.0. The summed E-state index contributed by atoms with van der Waals surface area (Å²) in [7, 11) is 0. The summed E-state index contributed by atoms with van der Waals surface area (Å²) in [6.07, 6.45) is 8.00. The van der Waals surface area contributed by atoms with Crippen molar-refractivity contribution >= 4 is 12.2 Å². The van der Waals surface area contributed by atoms with Crippen molar-refractivity contribution < 1.29 is 0 Å². The lowest BCUT2D eigenvalue weighted by atomic mass is 10.1. The highest BCUT2D eigenvalue weighted by Crippen LogP contribution is 2.13. The minimum absolute atomic E-state index is 1.23. The molecule has 2 rings (SSSR count). The van der Waals surface area contributed by atoms with Crippen molar-refractivity contribution in [1.82, 2.24) is 0 Å². The molecule has 0 saturated carbocycles. The van der Waals surface area contributed by atoms with Crippen LogP contribution in [0.5, 0.6) is 0 Å². The molecule has 1 aliphatic rings. The van der Waals surface area contributed by atoms with Gasteiger partial charge in [-0.15, -0.1) is 5.73 Å². The molecular formula is C15H20. The summed E-state index contributed by atoms with van der Waals surface area (Å²) in [5, 5.41) is 0. The Morgan fingerprint density at radius 1 is 0.867 bits per heavy atom. The molecule has 0 atom stereocenters. The predicted octanol–water partition coefficient (Wildman–Crippen LogP) is 4.93. The van der Waals surface area contributed by atoms with E-state index in [1.165, 1.54) is 11.1 Å². The number of rotatable bonds is 0. The molecule has 0 aliphatic heterocycles.